The molecule has 4 aromatic rings. The van der Waals surface area contributed by atoms with Crippen LogP contribution in [-0.4, -0.2) is 27.9 Å². The minimum atomic E-state index is -0.312. The van der Waals surface area contributed by atoms with Crippen LogP contribution in [0.4, 0.5) is 15.8 Å². The van der Waals surface area contributed by atoms with Gasteiger partial charge in [0.05, 0.1) is 11.0 Å². The number of hydrogen-bond acceptors (Lipinski definition) is 3. The predicted molar refractivity (Wildman–Crippen MR) is 122 cm³/mol. The number of benzene rings is 3. The predicted octanol–water partition coefficient (Wildman–Crippen LogP) is 4.63. The Morgan fingerprint density at radius 1 is 1.03 bits per heavy atom. The van der Waals surface area contributed by atoms with Crippen molar-refractivity contribution in [3.8, 4) is 5.69 Å². The molecular weight excluding hydrogens is 407 g/mol. The van der Waals surface area contributed by atoms with Gasteiger partial charge in [0.15, 0.2) is 0 Å². The molecule has 0 fully saturated rings. The van der Waals surface area contributed by atoms with Gasteiger partial charge in [-0.2, -0.15) is 0 Å². The first kappa shape index (κ1) is 19.9. The first-order valence-corrected chi connectivity index (χ1v) is 10.4. The van der Waals surface area contributed by atoms with Crippen molar-refractivity contribution < 1.29 is 14.0 Å². The lowest BCUT2D eigenvalue weighted by atomic mass is 10.1. The summed E-state index contributed by atoms with van der Waals surface area (Å²) >= 11 is 0. The standard InChI is InChI=1S/C25H21FN4O2/c1-15-27-22-10-4-18(13-24(22)30(15)21-8-5-19(26)6-9-21)25(32)28-20-7-3-17-11-12-29(16(2)31)23(17)14-20/h3-10,13-14H,11-12H2,1-2H3,(H,28,32). The number of halogens is 1. The number of nitrogens with zero attached hydrogens (tertiary/aromatic N) is 3. The summed E-state index contributed by atoms with van der Waals surface area (Å²) in [4.78, 5) is 31.2. The molecule has 7 heteroatoms. The van der Waals surface area contributed by atoms with Crippen molar-refractivity contribution in [1.82, 2.24) is 9.55 Å². The third-order valence-electron chi connectivity index (χ3n) is 5.79. The summed E-state index contributed by atoms with van der Waals surface area (Å²) in [5.74, 6) is 0.159. The molecule has 0 radical (unpaired) electrons. The maximum absolute atomic E-state index is 13.4. The van der Waals surface area contributed by atoms with E-state index < -0.39 is 0 Å². The van der Waals surface area contributed by atoms with Crippen LogP contribution >= 0.6 is 0 Å². The van der Waals surface area contributed by atoms with Gasteiger partial charge < -0.3 is 10.2 Å². The second-order valence-corrected chi connectivity index (χ2v) is 7.89. The molecule has 32 heavy (non-hydrogen) atoms. The van der Waals surface area contributed by atoms with Gasteiger partial charge in [-0.25, -0.2) is 9.37 Å². The second kappa shape index (κ2) is 7.60. The fourth-order valence-corrected chi connectivity index (χ4v) is 4.24. The fraction of sp³-hybridized carbons (Fsp3) is 0.160. The van der Waals surface area contributed by atoms with Gasteiger partial charge in [0.1, 0.15) is 11.6 Å². The van der Waals surface area contributed by atoms with E-state index in [-0.39, 0.29) is 17.6 Å². The molecule has 0 aliphatic carbocycles. The van der Waals surface area contributed by atoms with Crippen molar-refractivity contribution in [2.24, 2.45) is 0 Å². The Labute approximate surface area is 184 Å². The number of carbonyl (C=O) groups excluding carboxylic acids is 2. The molecule has 1 aliphatic heterocycles. The van der Waals surface area contributed by atoms with Crippen LogP contribution in [0.5, 0.6) is 0 Å². The maximum atomic E-state index is 13.4. The van der Waals surface area contributed by atoms with E-state index in [2.05, 4.69) is 10.3 Å². The molecule has 2 heterocycles. The number of imidazole rings is 1. The van der Waals surface area contributed by atoms with Gasteiger partial charge in [0.25, 0.3) is 5.91 Å². The summed E-state index contributed by atoms with van der Waals surface area (Å²) in [6.07, 6.45) is 0.812. The van der Waals surface area contributed by atoms with E-state index in [4.69, 9.17) is 0 Å². The molecule has 6 nitrogen and oxygen atoms in total. The highest BCUT2D eigenvalue weighted by Gasteiger charge is 2.22. The van der Waals surface area contributed by atoms with Crippen molar-refractivity contribution in [1.29, 1.82) is 0 Å². The average Bonchev–Trinajstić information content (AvgIpc) is 3.34. The number of rotatable bonds is 3. The average molecular weight is 428 g/mol. The SMILES string of the molecule is CC(=O)N1CCc2ccc(NC(=O)c3ccc4nc(C)n(-c5ccc(F)cc5)c4c3)cc21. The highest BCUT2D eigenvalue weighted by atomic mass is 19.1. The van der Waals surface area contributed by atoms with Gasteiger partial charge in [-0.1, -0.05) is 6.07 Å². The molecule has 160 valence electrons. The van der Waals surface area contributed by atoms with E-state index >= 15 is 0 Å². The van der Waals surface area contributed by atoms with Crippen LogP contribution in [0.25, 0.3) is 16.7 Å². The summed E-state index contributed by atoms with van der Waals surface area (Å²) < 4.78 is 15.3. The lowest BCUT2D eigenvalue weighted by Gasteiger charge is -2.16. The largest absolute Gasteiger partial charge is 0.322 e. The van der Waals surface area contributed by atoms with Crippen LogP contribution in [-0.2, 0) is 11.2 Å². The van der Waals surface area contributed by atoms with Crippen LogP contribution in [0, 0.1) is 12.7 Å². The molecule has 0 atom stereocenters. The maximum Gasteiger partial charge on any atom is 0.255 e. The lowest BCUT2D eigenvalue weighted by molar-refractivity contribution is -0.116. The third kappa shape index (κ3) is 3.41. The number of anilines is 2. The Kier molecular flexibility index (Phi) is 4.74. The van der Waals surface area contributed by atoms with Gasteiger partial charge in [0.2, 0.25) is 5.91 Å². The molecule has 0 unspecified atom stereocenters. The van der Waals surface area contributed by atoms with E-state index in [0.29, 0.717) is 17.8 Å². The smallest absolute Gasteiger partial charge is 0.255 e. The molecule has 0 spiro atoms. The normalized spacial score (nSPS) is 12.8. The summed E-state index contributed by atoms with van der Waals surface area (Å²) in [6.45, 7) is 4.07. The summed E-state index contributed by atoms with van der Waals surface area (Å²) in [5.41, 5.74) is 5.33. The van der Waals surface area contributed by atoms with E-state index in [0.717, 1.165) is 40.2 Å². The van der Waals surface area contributed by atoms with E-state index in [1.807, 2.05) is 29.7 Å². The third-order valence-corrected chi connectivity index (χ3v) is 5.79. The van der Waals surface area contributed by atoms with Crippen molar-refractivity contribution in [3.63, 3.8) is 0 Å². The first-order valence-electron chi connectivity index (χ1n) is 10.4. The number of fused-ring (bicyclic) bond motifs is 2. The highest BCUT2D eigenvalue weighted by Crippen LogP contribution is 2.31. The van der Waals surface area contributed by atoms with E-state index in [1.54, 1.807) is 42.2 Å². The first-order chi connectivity index (χ1) is 15.4. The number of hydrogen-bond donors (Lipinski definition) is 1. The van der Waals surface area contributed by atoms with Gasteiger partial charge in [-0.05, 0) is 73.5 Å². The van der Waals surface area contributed by atoms with Crippen molar-refractivity contribution in [3.05, 3.63) is 83.4 Å². The minimum Gasteiger partial charge on any atom is -0.322 e. The molecular formula is C25H21FN4O2. The second-order valence-electron chi connectivity index (χ2n) is 7.89. The summed E-state index contributed by atoms with van der Waals surface area (Å²) in [5, 5.41) is 2.93. The molecule has 0 saturated carbocycles. The van der Waals surface area contributed by atoms with Crippen LogP contribution in [0.1, 0.15) is 28.7 Å². The van der Waals surface area contributed by atoms with Gasteiger partial charge in [0, 0.05) is 36.1 Å². The van der Waals surface area contributed by atoms with Crippen LogP contribution in [0.2, 0.25) is 0 Å². The van der Waals surface area contributed by atoms with Gasteiger partial charge in [-0.15, -0.1) is 0 Å². The van der Waals surface area contributed by atoms with Crippen molar-refractivity contribution in [2.45, 2.75) is 20.3 Å². The number of nitrogens with one attached hydrogen (secondary N) is 1. The molecule has 1 aromatic heterocycles. The van der Waals surface area contributed by atoms with Crippen molar-refractivity contribution >= 4 is 34.2 Å². The zero-order chi connectivity index (χ0) is 22.4. The van der Waals surface area contributed by atoms with Gasteiger partial charge in [-0.3, -0.25) is 14.2 Å². The Balaban J connectivity index is 1.47. The quantitative estimate of drug-likeness (QED) is 0.517. The number of aryl methyl sites for hydroxylation is 1. The van der Waals surface area contributed by atoms with Crippen LogP contribution in [0.15, 0.2) is 60.7 Å². The fourth-order valence-electron chi connectivity index (χ4n) is 4.24. The summed E-state index contributed by atoms with van der Waals surface area (Å²) in [7, 11) is 0. The highest BCUT2D eigenvalue weighted by molar-refractivity contribution is 6.06. The molecule has 1 aliphatic rings. The molecule has 1 N–H and O–H groups in total. The molecule has 0 bridgehead atoms. The molecule has 0 saturated heterocycles. The Morgan fingerprint density at radius 3 is 2.56 bits per heavy atom. The topological polar surface area (TPSA) is 67.2 Å². The Morgan fingerprint density at radius 2 is 1.81 bits per heavy atom. The minimum absolute atomic E-state index is 0.0119. The lowest BCUT2D eigenvalue weighted by Crippen LogP contribution is -2.25. The number of carbonyl (C=O) groups is 2. The number of amides is 2. The number of aromatic nitrogens is 2. The van der Waals surface area contributed by atoms with E-state index in [9.17, 15) is 14.0 Å². The monoisotopic (exact) mass is 428 g/mol. The Bertz CT molecular complexity index is 1370. The molecule has 3 aromatic carbocycles. The van der Waals surface area contributed by atoms with Crippen LogP contribution in [0.3, 0.4) is 0 Å². The molecule has 2 amide bonds. The van der Waals surface area contributed by atoms with Crippen molar-refractivity contribution in [2.75, 3.05) is 16.8 Å². The molecule has 5 rings (SSSR count). The summed E-state index contributed by atoms with van der Waals surface area (Å²) in [6, 6.07) is 17.1. The van der Waals surface area contributed by atoms with Crippen LogP contribution < -0.4 is 10.2 Å². The van der Waals surface area contributed by atoms with E-state index in [1.165, 1.54) is 12.1 Å². The zero-order valence-corrected chi connectivity index (χ0v) is 17.7. The zero-order valence-electron chi connectivity index (χ0n) is 17.7. The Hall–Kier alpha value is -4.00. The van der Waals surface area contributed by atoms with Gasteiger partial charge >= 0.3 is 0 Å².